The highest BCUT2D eigenvalue weighted by Crippen LogP contribution is 2.41. The Morgan fingerprint density at radius 1 is 1.21 bits per heavy atom. The number of hydrogen-bond donors (Lipinski definition) is 3. The van der Waals surface area contributed by atoms with Crippen LogP contribution in [0.5, 0.6) is 0 Å². The van der Waals surface area contributed by atoms with Gasteiger partial charge in [-0.05, 0) is 76.5 Å². The highest BCUT2D eigenvalue weighted by molar-refractivity contribution is 7.89. The van der Waals surface area contributed by atoms with E-state index in [9.17, 15) is 41.7 Å². The lowest BCUT2D eigenvalue weighted by atomic mass is 9.88. The highest BCUT2D eigenvalue weighted by atomic mass is 32.2. The zero-order valence-electron chi connectivity index (χ0n) is 22.8. The Kier molecular flexibility index (Phi) is 11.3. The molecule has 222 valence electrons. The van der Waals surface area contributed by atoms with E-state index in [0.29, 0.717) is 12.2 Å². The maximum absolute atomic E-state index is 13.9. The summed E-state index contributed by atoms with van der Waals surface area (Å²) in [5.41, 5.74) is -1.44. The number of aliphatic carboxylic acids is 1. The minimum Gasteiger partial charge on any atom is -0.506 e. The Morgan fingerprint density at radius 2 is 1.87 bits per heavy atom. The van der Waals surface area contributed by atoms with Crippen molar-refractivity contribution >= 4 is 16.0 Å². The summed E-state index contributed by atoms with van der Waals surface area (Å²) in [6, 6.07) is 0. The van der Waals surface area contributed by atoms with E-state index in [-0.39, 0.29) is 56.2 Å². The number of carboxylic acid groups (broad SMARTS) is 1. The molecule has 0 heterocycles. The number of allylic oxidation sites excluding steroid dienone is 4. The van der Waals surface area contributed by atoms with Crippen molar-refractivity contribution in [3.63, 3.8) is 0 Å². The monoisotopic (exact) mass is 579 g/mol. The van der Waals surface area contributed by atoms with E-state index < -0.39 is 51.3 Å². The van der Waals surface area contributed by atoms with Gasteiger partial charge in [0.1, 0.15) is 5.76 Å². The number of hydrogen-bond acceptors (Lipinski definition) is 6. The molecular formula is C27H40F3NO7S. The average Bonchev–Trinajstić information content (AvgIpc) is 2.84. The van der Waals surface area contributed by atoms with Crippen LogP contribution in [0.2, 0.25) is 0 Å². The highest BCUT2D eigenvalue weighted by Gasteiger charge is 2.47. The van der Waals surface area contributed by atoms with Crippen molar-refractivity contribution in [1.29, 1.82) is 0 Å². The molecule has 1 fully saturated rings. The van der Waals surface area contributed by atoms with Gasteiger partial charge >= 0.3 is 12.1 Å². The van der Waals surface area contributed by atoms with Crippen molar-refractivity contribution in [3.05, 3.63) is 47.4 Å². The van der Waals surface area contributed by atoms with Crippen LogP contribution in [0.25, 0.3) is 0 Å². The molecule has 39 heavy (non-hydrogen) atoms. The quantitative estimate of drug-likeness (QED) is 0.289. The van der Waals surface area contributed by atoms with Gasteiger partial charge in [0.2, 0.25) is 10.0 Å². The maximum atomic E-state index is 13.9. The molecule has 5 atom stereocenters. The Balaban J connectivity index is 2.50. The van der Waals surface area contributed by atoms with Gasteiger partial charge < -0.3 is 20.1 Å². The van der Waals surface area contributed by atoms with Gasteiger partial charge in [0.15, 0.2) is 5.60 Å². The first-order chi connectivity index (χ1) is 18.0. The van der Waals surface area contributed by atoms with Gasteiger partial charge in [-0.1, -0.05) is 31.6 Å². The number of halogens is 3. The Morgan fingerprint density at radius 3 is 2.46 bits per heavy atom. The summed E-state index contributed by atoms with van der Waals surface area (Å²) in [7, 11) is -4.39. The van der Waals surface area contributed by atoms with E-state index >= 15 is 0 Å². The fraction of sp³-hybridized carbons (Fsp3) is 0.667. The van der Waals surface area contributed by atoms with Crippen LogP contribution in [0.1, 0.15) is 66.2 Å². The molecule has 0 aromatic carbocycles. The molecule has 2 aliphatic carbocycles. The molecule has 0 aliphatic heterocycles. The lowest BCUT2D eigenvalue weighted by Crippen LogP contribution is -2.44. The van der Waals surface area contributed by atoms with Crippen LogP contribution >= 0.6 is 0 Å². The first kappa shape index (κ1) is 32.9. The lowest BCUT2D eigenvalue weighted by Gasteiger charge is -2.36. The molecular weight excluding hydrogens is 539 g/mol. The Hall–Kier alpha value is -2.31. The summed E-state index contributed by atoms with van der Waals surface area (Å²) >= 11 is 0. The van der Waals surface area contributed by atoms with Gasteiger partial charge in [0.25, 0.3) is 0 Å². The fourth-order valence-electron chi connectivity index (χ4n) is 4.72. The molecule has 0 bridgehead atoms. The van der Waals surface area contributed by atoms with E-state index in [1.807, 2.05) is 13.8 Å². The van der Waals surface area contributed by atoms with Crippen molar-refractivity contribution in [2.45, 2.75) is 89.4 Å². The number of sulfonamides is 1. The van der Waals surface area contributed by atoms with E-state index in [1.54, 1.807) is 19.1 Å². The van der Waals surface area contributed by atoms with Gasteiger partial charge in [-0.2, -0.15) is 13.2 Å². The third kappa shape index (κ3) is 8.84. The third-order valence-electron chi connectivity index (χ3n) is 7.27. The maximum Gasteiger partial charge on any atom is 0.391 e. The van der Waals surface area contributed by atoms with Crippen molar-refractivity contribution in [2.24, 2.45) is 11.8 Å². The molecule has 8 nitrogen and oxygen atoms in total. The number of aliphatic hydroxyl groups is 2. The number of rotatable bonds is 12. The zero-order chi connectivity index (χ0) is 29.6. The van der Waals surface area contributed by atoms with Crippen LogP contribution in [0.3, 0.4) is 0 Å². The number of ether oxygens (including phenoxy) is 1. The molecule has 2 aliphatic rings. The Bertz CT molecular complexity index is 1090. The number of aliphatic hydroxyl groups excluding tert-OH is 1. The molecule has 0 amide bonds. The van der Waals surface area contributed by atoms with Crippen molar-refractivity contribution in [3.8, 4) is 0 Å². The first-order valence-electron chi connectivity index (χ1n) is 13.2. The summed E-state index contributed by atoms with van der Waals surface area (Å²) in [4.78, 5) is 11.3. The van der Waals surface area contributed by atoms with Crippen molar-refractivity contribution in [2.75, 3.05) is 13.2 Å². The topological polar surface area (TPSA) is 124 Å². The molecule has 4 unspecified atom stereocenters. The van der Waals surface area contributed by atoms with Crippen LogP contribution < -0.4 is 0 Å². The second-order valence-electron chi connectivity index (χ2n) is 10.6. The molecule has 0 aromatic heterocycles. The number of alkyl halides is 3. The normalized spacial score (nSPS) is 26.5. The smallest absolute Gasteiger partial charge is 0.391 e. The minimum atomic E-state index is -4.52. The Labute approximate surface area is 228 Å². The molecule has 0 saturated heterocycles. The summed E-state index contributed by atoms with van der Waals surface area (Å²) in [6.45, 7) is 6.63. The molecule has 0 radical (unpaired) electrons. The average molecular weight is 580 g/mol. The van der Waals surface area contributed by atoms with Crippen molar-refractivity contribution in [1.82, 2.24) is 4.31 Å². The summed E-state index contributed by atoms with van der Waals surface area (Å²) < 4.78 is 75.0. The predicted octanol–water partition coefficient (Wildman–Crippen LogP) is 5.24. The molecule has 1 saturated carbocycles. The van der Waals surface area contributed by atoms with Crippen LogP contribution in [-0.4, -0.2) is 70.3 Å². The van der Waals surface area contributed by atoms with Gasteiger partial charge in [-0.15, -0.1) is 0 Å². The molecule has 3 N–H and O–H groups in total. The van der Waals surface area contributed by atoms with E-state index in [2.05, 4.69) is 0 Å². The fourth-order valence-corrected chi connectivity index (χ4v) is 6.91. The van der Waals surface area contributed by atoms with E-state index in [1.165, 1.54) is 18.2 Å². The SMILES string of the molecule is CCOC(C)C1=C/C=C(N(CC(C)CCC(C)(O)C(=O)O)S(=O)(=O)C2CCC[C@H](C(F)(F)F)C2)/C(O)=C/C=C1. The molecule has 0 spiro atoms. The standard InChI is InChI=1S/C27H40F3NO7S/c1-5-38-19(3)20-8-6-11-24(32)23(13-12-20)31(17-18(2)14-15-26(4,35)25(33)34)39(36,37)22-10-7-9-21(16-22)27(28,29)30/h6,8,11-13,18-19,21-22,32,35H,5,7,9-10,14-17H2,1-4H3,(H,33,34)/b8-6?,11-6?,13-12?,20-8?,20-12?,23-13-,24-11-,24-23?/t18?,19?,21-,22?,26?/m0/s1. The van der Waals surface area contributed by atoms with Crippen LogP contribution in [0, 0.1) is 11.8 Å². The van der Waals surface area contributed by atoms with Gasteiger partial charge in [-0.3, -0.25) is 4.31 Å². The zero-order valence-corrected chi connectivity index (χ0v) is 23.6. The van der Waals surface area contributed by atoms with Crippen LogP contribution in [0.15, 0.2) is 47.4 Å². The first-order valence-corrected chi connectivity index (χ1v) is 14.7. The minimum absolute atomic E-state index is 0.0492. The van der Waals surface area contributed by atoms with E-state index in [4.69, 9.17) is 4.74 Å². The summed E-state index contributed by atoms with van der Waals surface area (Å²) in [6.07, 6.45) is 2.04. The summed E-state index contributed by atoms with van der Waals surface area (Å²) in [5.74, 6) is -4.06. The van der Waals surface area contributed by atoms with Gasteiger partial charge in [-0.25, -0.2) is 13.2 Å². The van der Waals surface area contributed by atoms with Crippen LogP contribution in [-0.2, 0) is 19.6 Å². The summed E-state index contributed by atoms with van der Waals surface area (Å²) in [5, 5.41) is 28.8. The van der Waals surface area contributed by atoms with E-state index in [0.717, 1.165) is 11.2 Å². The van der Waals surface area contributed by atoms with Gasteiger partial charge in [0.05, 0.1) is 23.0 Å². The van der Waals surface area contributed by atoms with Crippen molar-refractivity contribution < 1.29 is 46.4 Å². The molecule has 2 rings (SSSR count). The number of carbonyl (C=O) groups is 1. The largest absolute Gasteiger partial charge is 0.506 e. The number of nitrogens with zero attached hydrogens (tertiary/aromatic N) is 1. The second kappa shape index (κ2) is 13.4. The van der Waals surface area contributed by atoms with Crippen LogP contribution in [0.4, 0.5) is 13.2 Å². The van der Waals surface area contributed by atoms with Gasteiger partial charge in [0, 0.05) is 13.2 Å². The molecule has 0 aromatic rings. The lowest BCUT2D eigenvalue weighted by molar-refractivity contribution is -0.181. The predicted molar refractivity (Wildman–Crippen MR) is 141 cm³/mol. The number of carboxylic acids is 1. The third-order valence-corrected chi connectivity index (χ3v) is 9.50. The molecule has 12 heteroatoms. The second-order valence-corrected chi connectivity index (χ2v) is 12.7.